The zero-order valence-corrected chi connectivity index (χ0v) is 15.1. The lowest BCUT2D eigenvalue weighted by molar-refractivity contribution is 0.0837. The van der Waals surface area contributed by atoms with Crippen LogP contribution in [0.5, 0.6) is 0 Å². The average Bonchev–Trinajstić information content (AvgIpc) is 2.53. The maximum atomic E-state index is 12.4. The highest BCUT2D eigenvalue weighted by Crippen LogP contribution is 2.17. The SMILES string of the molecule is C=CCC(CO)(CC=C)NC(=O)c1ccc(C#CSI)cc1. The van der Waals surface area contributed by atoms with Crippen LogP contribution in [0.2, 0.25) is 0 Å². The number of benzene rings is 1. The number of aliphatic hydroxyl groups excluding tert-OH is 1. The van der Waals surface area contributed by atoms with Gasteiger partial charge in [-0.2, -0.15) is 0 Å². The van der Waals surface area contributed by atoms with Gasteiger partial charge in [-0.25, -0.2) is 0 Å². The van der Waals surface area contributed by atoms with E-state index >= 15 is 0 Å². The highest BCUT2D eigenvalue weighted by molar-refractivity contribution is 14.2. The summed E-state index contributed by atoms with van der Waals surface area (Å²) in [7, 11) is 1.41. The van der Waals surface area contributed by atoms with Gasteiger partial charge in [-0.05, 0) is 51.3 Å². The number of carbonyl (C=O) groups excluding carboxylic acids is 1. The Kier molecular flexibility index (Phi) is 8.31. The molecule has 0 unspecified atom stereocenters. The third kappa shape index (κ3) is 5.52. The summed E-state index contributed by atoms with van der Waals surface area (Å²) in [6.45, 7) is 7.19. The van der Waals surface area contributed by atoms with E-state index in [1.165, 1.54) is 8.93 Å². The maximum absolute atomic E-state index is 12.4. The molecule has 0 atom stereocenters. The molecule has 0 aromatic heterocycles. The standard InChI is InChI=1S/C17H18INO2S/c1-3-10-17(13-20,11-4-2)19-16(21)15-7-5-14(6-8-15)9-12-22-18/h3-8,20H,1-2,10-11,13H2,(H,19,21). The number of rotatable bonds is 7. The molecule has 0 aliphatic heterocycles. The van der Waals surface area contributed by atoms with Gasteiger partial charge in [0, 0.05) is 32.3 Å². The molecule has 0 heterocycles. The Morgan fingerprint density at radius 1 is 1.32 bits per heavy atom. The van der Waals surface area contributed by atoms with Crippen LogP contribution in [-0.2, 0) is 0 Å². The van der Waals surface area contributed by atoms with E-state index in [9.17, 15) is 9.90 Å². The third-order valence-electron chi connectivity index (χ3n) is 3.13. The van der Waals surface area contributed by atoms with Gasteiger partial charge in [0.2, 0.25) is 0 Å². The summed E-state index contributed by atoms with van der Waals surface area (Å²) in [4.78, 5) is 12.4. The lowest BCUT2D eigenvalue weighted by atomic mass is 9.91. The Balaban J connectivity index is 2.89. The summed E-state index contributed by atoms with van der Waals surface area (Å²) in [6, 6.07) is 7.05. The van der Waals surface area contributed by atoms with E-state index in [0.717, 1.165) is 5.56 Å². The van der Waals surface area contributed by atoms with Crippen molar-refractivity contribution >= 4 is 36.0 Å². The van der Waals surface area contributed by atoms with E-state index in [4.69, 9.17) is 0 Å². The molecular weight excluding hydrogens is 409 g/mol. The first kappa shape index (κ1) is 18.8. The van der Waals surface area contributed by atoms with Crippen molar-refractivity contribution in [2.75, 3.05) is 6.61 Å². The van der Waals surface area contributed by atoms with Gasteiger partial charge in [0.15, 0.2) is 0 Å². The Morgan fingerprint density at radius 2 is 1.91 bits per heavy atom. The van der Waals surface area contributed by atoms with Crippen LogP contribution in [0.3, 0.4) is 0 Å². The lowest BCUT2D eigenvalue weighted by Gasteiger charge is -2.31. The van der Waals surface area contributed by atoms with Crippen molar-refractivity contribution in [3.8, 4) is 11.2 Å². The molecule has 1 aromatic carbocycles. The largest absolute Gasteiger partial charge is 0.394 e. The Labute approximate surface area is 147 Å². The average molecular weight is 427 g/mol. The van der Waals surface area contributed by atoms with Gasteiger partial charge in [0.05, 0.1) is 12.1 Å². The number of amides is 1. The molecule has 5 heteroatoms. The molecule has 0 aliphatic rings. The van der Waals surface area contributed by atoms with E-state index in [1.807, 2.05) is 0 Å². The minimum Gasteiger partial charge on any atom is -0.394 e. The summed E-state index contributed by atoms with van der Waals surface area (Å²) in [6.07, 6.45) is 4.30. The molecule has 22 heavy (non-hydrogen) atoms. The fourth-order valence-electron chi connectivity index (χ4n) is 2.00. The number of nitrogens with one attached hydrogen (secondary N) is 1. The van der Waals surface area contributed by atoms with Crippen molar-refractivity contribution in [3.05, 3.63) is 60.7 Å². The van der Waals surface area contributed by atoms with E-state index in [2.05, 4.69) is 50.9 Å². The number of halogens is 1. The third-order valence-corrected chi connectivity index (χ3v) is 3.97. The number of hydrogen-bond donors (Lipinski definition) is 2. The molecule has 0 saturated heterocycles. The Morgan fingerprint density at radius 3 is 2.36 bits per heavy atom. The van der Waals surface area contributed by atoms with Crippen molar-refractivity contribution in [2.45, 2.75) is 18.4 Å². The predicted octanol–water partition coefficient (Wildman–Crippen LogP) is 3.69. The second kappa shape index (κ2) is 9.72. The van der Waals surface area contributed by atoms with Gasteiger partial charge in [-0.3, -0.25) is 4.79 Å². The fraction of sp³-hybridized carbons (Fsp3) is 0.235. The van der Waals surface area contributed by atoms with Gasteiger partial charge in [0.1, 0.15) is 0 Å². The molecule has 0 saturated carbocycles. The van der Waals surface area contributed by atoms with Crippen LogP contribution in [0.1, 0.15) is 28.8 Å². The second-order valence-corrected chi connectivity index (χ2v) is 6.44. The van der Waals surface area contributed by atoms with E-state index in [1.54, 1.807) is 36.4 Å². The first-order chi connectivity index (χ1) is 10.6. The molecule has 116 valence electrons. The minimum absolute atomic E-state index is 0.173. The fourth-order valence-corrected chi connectivity index (χ4v) is 2.49. The number of carbonyl (C=O) groups is 1. The molecule has 3 nitrogen and oxygen atoms in total. The van der Waals surface area contributed by atoms with Gasteiger partial charge in [-0.1, -0.05) is 18.1 Å². The quantitative estimate of drug-likeness (QED) is 0.397. The number of hydrogen-bond acceptors (Lipinski definition) is 3. The maximum Gasteiger partial charge on any atom is 0.251 e. The monoisotopic (exact) mass is 427 g/mol. The second-order valence-electron chi connectivity index (χ2n) is 4.76. The summed E-state index contributed by atoms with van der Waals surface area (Å²) in [5, 5.41) is 15.4. The molecule has 0 radical (unpaired) electrons. The van der Waals surface area contributed by atoms with E-state index < -0.39 is 5.54 Å². The van der Waals surface area contributed by atoms with Crippen LogP contribution in [0.15, 0.2) is 49.6 Å². The molecule has 1 amide bonds. The topological polar surface area (TPSA) is 49.3 Å². The molecule has 1 aromatic rings. The first-order valence-corrected chi connectivity index (χ1v) is 10.0. The first-order valence-electron chi connectivity index (χ1n) is 6.64. The molecular formula is C17H18INO2S. The van der Waals surface area contributed by atoms with Crippen LogP contribution >= 0.6 is 30.1 Å². The summed E-state index contributed by atoms with van der Waals surface area (Å²) >= 11 is 2.11. The highest BCUT2D eigenvalue weighted by Gasteiger charge is 2.28. The molecule has 2 N–H and O–H groups in total. The summed E-state index contributed by atoms with van der Waals surface area (Å²) in [5.74, 6) is 2.73. The van der Waals surface area contributed by atoms with Crippen molar-refractivity contribution < 1.29 is 9.90 Å². The van der Waals surface area contributed by atoms with Gasteiger partial charge in [0.25, 0.3) is 5.91 Å². The molecule has 1 rings (SSSR count). The van der Waals surface area contributed by atoms with Crippen LogP contribution in [-0.4, -0.2) is 23.2 Å². The zero-order valence-electron chi connectivity index (χ0n) is 12.1. The minimum atomic E-state index is -0.753. The van der Waals surface area contributed by atoms with Crippen molar-refractivity contribution in [3.63, 3.8) is 0 Å². The lowest BCUT2D eigenvalue weighted by Crippen LogP contribution is -2.50. The van der Waals surface area contributed by atoms with Gasteiger partial charge >= 0.3 is 0 Å². The Bertz CT molecular complexity index is 577. The van der Waals surface area contributed by atoms with Gasteiger partial charge < -0.3 is 10.4 Å². The van der Waals surface area contributed by atoms with E-state index in [-0.39, 0.29) is 12.5 Å². The highest BCUT2D eigenvalue weighted by atomic mass is 127. The van der Waals surface area contributed by atoms with Crippen molar-refractivity contribution in [2.24, 2.45) is 0 Å². The Hall–Kier alpha value is -1.23. The predicted molar refractivity (Wildman–Crippen MR) is 102 cm³/mol. The van der Waals surface area contributed by atoms with E-state index in [0.29, 0.717) is 18.4 Å². The zero-order chi connectivity index (χ0) is 16.4. The van der Waals surface area contributed by atoms with Crippen LogP contribution in [0.4, 0.5) is 0 Å². The summed E-state index contributed by atoms with van der Waals surface area (Å²) < 4.78 is 0. The molecule has 0 bridgehead atoms. The van der Waals surface area contributed by atoms with Crippen molar-refractivity contribution in [1.29, 1.82) is 0 Å². The van der Waals surface area contributed by atoms with Crippen LogP contribution in [0, 0.1) is 11.2 Å². The van der Waals surface area contributed by atoms with Crippen molar-refractivity contribution in [1.82, 2.24) is 5.32 Å². The molecule has 0 aliphatic carbocycles. The normalized spacial score (nSPS) is 10.3. The summed E-state index contributed by atoms with van der Waals surface area (Å²) in [5.41, 5.74) is 0.627. The molecule has 0 fully saturated rings. The van der Waals surface area contributed by atoms with Crippen LogP contribution in [0.25, 0.3) is 0 Å². The smallest absolute Gasteiger partial charge is 0.251 e. The molecule has 0 spiro atoms. The van der Waals surface area contributed by atoms with Gasteiger partial charge in [-0.15, -0.1) is 13.2 Å². The number of aliphatic hydroxyl groups is 1. The van der Waals surface area contributed by atoms with Crippen LogP contribution < -0.4 is 5.32 Å².